The Hall–Kier alpha value is -2.24. The third-order valence-corrected chi connectivity index (χ3v) is 2.25. The van der Waals surface area contributed by atoms with E-state index in [-0.39, 0.29) is 18.2 Å². The molecule has 0 spiro atoms. The molecule has 1 aromatic heterocycles. The maximum absolute atomic E-state index is 13.0. The average Bonchev–Trinajstić information content (AvgIpc) is 2.78. The molecule has 1 heterocycles. The number of aromatic amines is 1. The van der Waals surface area contributed by atoms with Crippen molar-refractivity contribution in [1.82, 2.24) is 15.2 Å². The fourth-order valence-electron chi connectivity index (χ4n) is 1.50. The topological polar surface area (TPSA) is 67.9 Å². The number of aromatic nitrogens is 3. The van der Waals surface area contributed by atoms with Crippen LogP contribution in [0.25, 0.3) is 0 Å². The van der Waals surface area contributed by atoms with Gasteiger partial charge < -0.3 is 4.74 Å². The number of benzene rings is 1. The molecule has 0 unspecified atom stereocenters. The Morgan fingerprint density at radius 3 is 3.06 bits per heavy atom. The Morgan fingerprint density at radius 2 is 2.33 bits per heavy atom. The highest BCUT2D eigenvalue weighted by molar-refractivity contribution is 5.84. The van der Waals surface area contributed by atoms with Crippen LogP contribution in [0.1, 0.15) is 28.9 Å². The Kier molecular flexibility index (Phi) is 3.66. The number of nitrogens with one attached hydrogen (secondary N) is 1. The van der Waals surface area contributed by atoms with Crippen molar-refractivity contribution in [3.05, 3.63) is 47.3 Å². The first-order valence-electron chi connectivity index (χ1n) is 5.52. The number of hydrogen-bond donors (Lipinski definition) is 1. The predicted molar refractivity (Wildman–Crippen MR) is 61.5 cm³/mol. The van der Waals surface area contributed by atoms with Crippen LogP contribution < -0.4 is 0 Å². The summed E-state index contributed by atoms with van der Waals surface area (Å²) in [6.45, 7) is 1.98. The van der Waals surface area contributed by atoms with Crippen molar-refractivity contribution in [2.45, 2.75) is 13.3 Å². The largest absolute Gasteiger partial charge is 0.460 e. The fourth-order valence-corrected chi connectivity index (χ4v) is 1.50. The summed E-state index contributed by atoms with van der Waals surface area (Å²) in [5.74, 6) is -0.399. The van der Waals surface area contributed by atoms with Crippen molar-refractivity contribution in [1.29, 1.82) is 0 Å². The molecule has 0 aliphatic heterocycles. The molecular weight excluding hydrogens is 237 g/mol. The Labute approximate surface area is 103 Å². The Bertz CT molecular complexity index is 554. The molecular formula is C12H12FN3O2. The molecule has 0 aliphatic rings. The SMILES string of the molecule is CCOC(=O)c1n[nH]c(Cc2cccc(F)c2)n1. The predicted octanol–water partition coefficient (Wildman–Crippen LogP) is 1.71. The molecule has 0 bridgehead atoms. The standard InChI is InChI=1S/C12H12FN3O2/c1-2-18-12(17)11-14-10(15-16-11)7-8-4-3-5-9(13)6-8/h3-6H,2,7H2,1H3,(H,14,15,16). The molecule has 0 fully saturated rings. The maximum atomic E-state index is 13.0. The molecule has 0 saturated carbocycles. The minimum absolute atomic E-state index is 0.0109. The molecule has 1 aromatic carbocycles. The number of nitrogens with zero attached hydrogens (tertiary/aromatic N) is 2. The van der Waals surface area contributed by atoms with E-state index in [4.69, 9.17) is 4.74 Å². The van der Waals surface area contributed by atoms with Crippen molar-refractivity contribution in [2.75, 3.05) is 6.61 Å². The number of ether oxygens (including phenoxy) is 1. The van der Waals surface area contributed by atoms with Gasteiger partial charge in [-0.25, -0.2) is 14.2 Å². The van der Waals surface area contributed by atoms with E-state index in [2.05, 4.69) is 15.2 Å². The normalized spacial score (nSPS) is 10.3. The lowest BCUT2D eigenvalue weighted by atomic mass is 10.1. The van der Waals surface area contributed by atoms with Gasteiger partial charge in [0, 0.05) is 6.42 Å². The summed E-state index contributed by atoms with van der Waals surface area (Å²) in [6.07, 6.45) is 0.379. The number of halogens is 1. The quantitative estimate of drug-likeness (QED) is 0.837. The van der Waals surface area contributed by atoms with Gasteiger partial charge in [-0.3, -0.25) is 5.10 Å². The monoisotopic (exact) mass is 249 g/mol. The zero-order chi connectivity index (χ0) is 13.0. The first-order valence-corrected chi connectivity index (χ1v) is 5.52. The van der Waals surface area contributed by atoms with Gasteiger partial charge in [0.1, 0.15) is 11.6 Å². The molecule has 0 saturated heterocycles. The summed E-state index contributed by atoms with van der Waals surface area (Å²) in [7, 11) is 0. The van der Waals surface area contributed by atoms with Gasteiger partial charge in [-0.05, 0) is 24.6 Å². The molecule has 5 nitrogen and oxygen atoms in total. The molecule has 1 N–H and O–H groups in total. The van der Waals surface area contributed by atoms with Crippen molar-refractivity contribution < 1.29 is 13.9 Å². The fraction of sp³-hybridized carbons (Fsp3) is 0.250. The zero-order valence-electron chi connectivity index (χ0n) is 9.81. The molecule has 2 aromatic rings. The van der Waals surface area contributed by atoms with Crippen LogP contribution in [-0.2, 0) is 11.2 Å². The van der Waals surface area contributed by atoms with Crippen LogP contribution in [0.5, 0.6) is 0 Å². The van der Waals surface area contributed by atoms with E-state index in [1.54, 1.807) is 19.1 Å². The van der Waals surface area contributed by atoms with Crippen LogP contribution in [-0.4, -0.2) is 27.8 Å². The summed E-state index contributed by atoms with van der Waals surface area (Å²) in [6, 6.07) is 6.17. The summed E-state index contributed by atoms with van der Waals surface area (Å²) in [5, 5.41) is 6.38. The number of rotatable bonds is 4. The number of carbonyl (C=O) groups is 1. The maximum Gasteiger partial charge on any atom is 0.378 e. The van der Waals surface area contributed by atoms with E-state index < -0.39 is 5.97 Å². The number of carbonyl (C=O) groups excluding carboxylic acids is 1. The zero-order valence-corrected chi connectivity index (χ0v) is 9.81. The summed E-state index contributed by atoms with van der Waals surface area (Å²) < 4.78 is 17.8. The van der Waals surface area contributed by atoms with Crippen LogP contribution in [0.15, 0.2) is 24.3 Å². The van der Waals surface area contributed by atoms with Crippen LogP contribution >= 0.6 is 0 Å². The second-order valence-corrected chi connectivity index (χ2v) is 3.63. The first kappa shape index (κ1) is 12.2. The van der Waals surface area contributed by atoms with Crippen LogP contribution in [0.2, 0.25) is 0 Å². The van der Waals surface area contributed by atoms with E-state index in [9.17, 15) is 9.18 Å². The molecule has 2 rings (SSSR count). The lowest BCUT2D eigenvalue weighted by Gasteiger charge is -1.97. The highest BCUT2D eigenvalue weighted by Gasteiger charge is 2.13. The summed E-state index contributed by atoms with van der Waals surface area (Å²) in [4.78, 5) is 15.3. The van der Waals surface area contributed by atoms with Crippen molar-refractivity contribution in [2.24, 2.45) is 0 Å². The van der Waals surface area contributed by atoms with E-state index in [1.165, 1.54) is 12.1 Å². The number of H-pyrrole nitrogens is 1. The Balaban J connectivity index is 2.09. The smallest absolute Gasteiger partial charge is 0.378 e. The molecule has 0 radical (unpaired) electrons. The molecule has 0 atom stereocenters. The molecule has 18 heavy (non-hydrogen) atoms. The second kappa shape index (κ2) is 5.39. The molecule has 0 aliphatic carbocycles. The second-order valence-electron chi connectivity index (χ2n) is 3.63. The highest BCUT2D eigenvalue weighted by Crippen LogP contribution is 2.08. The first-order chi connectivity index (χ1) is 8.69. The van der Waals surface area contributed by atoms with E-state index in [1.807, 2.05) is 0 Å². The number of esters is 1. The minimum atomic E-state index is -0.570. The molecule has 94 valence electrons. The third-order valence-electron chi connectivity index (χ3n) is 2.25. The molecule has 6 heteroatoms. The van der Waals surface area contributed by atoms with E-state index in [0.717, 1.165) is 5.56 Å². The van der Waals surface area contributed by atoms with Crippen molar-refractivity contribution >= 4 is 5.97 Å². The third kappa shape index (κ3) is 2.91. The van der Waals surface area contributed by atoms with E-state index >= 15 is 0 Å². The van der Waals surface area contributed by atoms with Gasteiger partial charge in [0.15, 0.2) is 0 Å². The Morgan fingerprint density at radius 1 is 1.50 bits per heavy atom. The summed E-state index contributed by atoms with van der Waals surface area (Å²) in [5.41, 5.74) is 0.751. The lowest BCUT2D eigenvalue weighted by Crippen LogP contribution is -2.06. The summed E-state index contributed by atoms with van der Waals surface area (Å²) >= 11 is 0. The van der Waals surface area contributed by atoms with Gasteiger partial charge >= 0.3 is 5.97 Å². The van der Waals surface area contributed by atoms with Crippen LogP contribution in [0.4, 0.5) is 4.39 Å². The van der Waals surface area contributed by atoms with Gasteiger partial charge in [-0.2, -0.15) is 0 Å². The molecule has 0 amide bonds. The van der Waals surface area contributed by atoms with Crippen LogP contribution in [0.3, 0.4) is 0 Å². The van der Waals surface area contributed by atoms with Crippen molar-refractivity contribution in [3.8, 4) is 0 Å². The van der Waals surface area contributed by atoms with Gasteiger partial charge in [-0.15, -0.1) is 5.10 Å². The lowest BCUT2D eigenvalue weighted by molar-refractivity contribution is 0.0512. The number of hydrogen-bond acceptors (Lipinski definition) is 4. The van der Waals surface area contributed by atoms with Crippen molar-refractivity contribution in [3.63, 3.8) is 0 Å². The van der Waals surface area contributed by atoms with E-state index in [0.29, 0.717) is 12.2 Å². The minimum Gasteiger partial charge on any atom is -0.460 e. The van der Waals surface area contributed by atoms with Crippen LogP contribution in [0, 0.1) is 5.82 Å². The average molecular weight is 249 g/mol. The van der Waals surface area contributed by atoms with Gasteiger partial charge in [-0.1, -0.05) is 12.1 Å². The highest BCUT2D eigenvalue weighted by atomic mass is 19.1. The van der Waals surface area contributed by atoms with Gasteiger partial charge in [0.2, 0.25) is 0 Å². The van der Waals surface area contributed by atoms with Gasteiger partial charge in [0.05, 0.1) is 6.61 Å². The van der Waals surface area contributed by atoms with Gasteiger partial charge in [0.25, 0.3) is 5.82 Å².